The van der Waals surface area contributed by atoms with Gasteiger partial charge in [0.05, 0.1) is 11.1 Å². The number of nitrogens with zero attached hydrogens (tertiary/aromatic N) is 2. The zero-order chi connectivity index (χ0) is 17.5. The molecule has 0 spiro atoms. The number of carbonyl (C=O) groups excluding carboxylic acids is 1. The first-order valence-corrected chi connectivity index (χ1v) is 8.83. The topological polar surface area (TPSA) is 51.7 Å². The van der Waals surface area contributed by atoms with Gasteiger partial charge in [-0.25, -0.2) is 0 Å². The van der Waals surface area contributed by atoms with E-state index in [9.17, 15) is 4.79 Å². The maximum absolute atomic E-state index is 13.3. The van der Waals surface area contributed by atoms with E-state index in [1.807, 2.05) is 53.4 Å². The number of para-hydroxylation sites is 1. The van der Waals surface area contributed by atoms with Crippen molar-refractivity contribution in [2.45, 2.75) is 25.4 Å². The van der Waals surface area contributed by atoms with E-state index >= 15 is 0 Å². The average Bonchev–Trinajstić information content (AvgIpc) is 3.42. The van der Waals surface area contributed by atoms with Crippen LogP contribution in [-0.4, -0.2) is 28.6 Å². The summed E-state index contributed by atoms with van der Waals surface area (Å²) < 4.78 is 10.8. The van der Waals surface area contributed by atoms with Crippen LogP contribution in [0.1, 0.15) is 28.8 Å². The maximum Gasteiger partial charge on any atom is 0.255 e. The molecule has 0 atom stereocenters. The van der Waals surface area contributed by atoms with Crippen LogP contribution in [0.3, 0.4) is 0 Å². The van der Waals surface area contributed by atoms with Crippen LogP contribution >= 0.6 is 0 Å². The van der Waals surface area contributed by atoms with Crippen LogP contribution < -0.4 is 9.47 Å². The maximum atomic E-state index is 13.3. The number of pyridine rings is 1. The van der Waals surface area contributed by atoms with Gasteiger partial charge in [-0.05, 0) is 42.7 Å². The highest BCUT2D eigenvalue weighted by Gasteiger charge is 2.34. The minimum Gasteiger partial charge on any atom is -0.454 e. The van der Waals surface area contributed by atoms with Gasteiger partial charge in [-0.2, -0.15) is 0 Å². The lowest BCUT2D eigenvalue weighted by atomic mass is 10.1. The molecule has 2 aliphatic rings. The molecule has 1 aliphatic carbocycles. The largest absolute Gasteiger partial charge is 0.454 e. The number of carbonyl (C=O) groups is 1. The molecule has 26 heavy (non-hydrogen) atoms. The minimum atomic E-state index is 0.0590. The van der Waals surface area contributed by atoms with Gasteiger partial charge in [-0.3, -0.25) is 9.78 Å². The summed E-state index contributed by atoms with van der Waals surface area (Å²) in [6, 6.07) is 15.8. The van der Waals surface area contributed by atoms with Gasteiger partial charge in [0, 0.05) is 24.2 Å². The molecule has 2 aromatic carbocycles. The van der Waals surface area contributed by atoms with Gasteiger partial charge in [0.15, 0.2) is 11.5 Å². The summed E-state index contributed by atoms with van der Waals surface area (Å²) in [5.41, 5.74) is 2.60. The molecule has 130 valence electrons. The van der Waals surface area contributed by atoms with Crippen LogP contribution in [0.15, 0.2) is 54.7 Å². The van der Waals surface area contributed by atoms with Gasteiger partial charge in [0.2, 0.25) is 6.79 Å². The highest BCUT2D eigenvalue weighted by atomic mass is 16.7. The molecule has 3 aromatic rings. The summed E-state index contributed by atoms with van der Waals surface area (Å²) in [5.74, 6) is 1.57. The molecule has 5 heteroatoms. The van der Waals surface area contributed by atoms with Gasteiger partial charge in [-0.15, -0.1) is 0 Å². The van der Waals surface area contributed by atoms with Gasteiger partial charge in [0.25, 0.3) is 5.91 Å². The molecule has 1 saturated carbocycles. The van der Waals surface area contributed by atoms with Crippen molar-refractivity contribution in [1.82, 2.24) is 9.88 Å². The van der Waals surface area contributed by atoms with E-state index in [-0.39, 0.29) is 12.7 Å². The predicted octanol–water partition coefficient (Wildman–Crippen LogP) is 3.77. The Morgan fingerprint density at radius 3 is 2.81 bits per heavy atom. The van der Waals surface area contributed by atoms with Crippen LogP contribution in [0.4, 0.5) is 0 Å². The van der Waals surface area contributed by atoms with E-state index in [1.165, 1.54) is 0 Å². The summed E-state index contributed by atoms with van der Waals surface area (Å²) in [6.07, 6.45) is 3.82. The van der Waals surface area contributed by atoms with Gasteiger partial charge < -0.3 is 14.4 Å². The molecule has 0 radical (unpaired) electrons. The zero-order valence-corrected chi connectivity index (χ0v) is 14.2. The molecule has 5 nitrogen and oxygen atoms in total. The lowest BCUT2D eigenvalue weighted by molar-refractivity contribution is 0.0731. The van der Waals surface area contributed by atoms with Crippen LogP contribution in [-0.2, 0) is 6.54 Å². The first kappa shape index (κ1) is 15.2. The van der Waals surface area contributed by atoms with Crippen molar-refractivity contribution in [3.63, 3.8) is 0 Å². The summed E-state index contributed by atoms with van der Waals surface area (Å²) in [6.45, 7) is 0.823. The van der Waals surface area contributed by atoms with Crippen LogP contribution in [0.5, 0.6) is 11.5 Å². The normalized spacial score (nSPS) is 15.2. The van der Waals surface area contributed by atoms with Gasteiger partial charge in [0.1, 0.15) is 0 Å². The molecular weight excluding hydrogens is 328 g/mol. The van der Waals surface area contributed by atoms with E-state index in [4.69, 9.17) is 9.47 Å². The summed E-state index contributed by atoms with van der Waals surface area (Å²) >= 11 is 0. The fourth-order valence-corrected chi connectivity index (χ4v) is 3.43. The van der Waals surface area contributed by atoms with Crippen molar-refractivity contribution in [3.8, 4) is 11.5 Å². The summed E-state index contributed by atoms with van der Waals surface area (Å²) in [7, 11) is 0. The van der Waals surface area contributed by atoms with Crippen LogP contribution in [0, 0.1) is 0 Å². The first-order chi connectivity index (χ1) is 12.8. The number of amides is 1. The van der Waals surface area contributed by atoms with Gasteiger partial charge >= 0.3 is 0 Å². The van der Waals surface area contributed by atoms with Crippen molar-refractivity contribution in [3.05, 3.63) is 65.9 Å². The number of hydrogen-bond donors (Lipinski definition) is 0. The SMILES string of the molecule is O=C(c1ccnc2ccccc12)N(Cc1ccc2c(c1)OCO2)C1CC1. The number of rotatable bonds is 4. The second-order valence-electron chi connectivity index (χ2n) is 6.73. The quantitative estimate of drug-likeness (QED) is 0.722. The molecule has 0 N–H and O–H groups in total. The summed E-state index contributed by atoms with van der Waals surface area (Å²) in [5, 5.41) is 0.899. The second-order valence-corrected chi connectivity index (χ2v) is 6.73. The third-order valence-electron chi connectivity index (χ3n) is 4.92. The lowest BCUT2D eigenvalue weighted by Gasteiger charge is -2.23. The minimum absolute atomic E-state index is 0.0590. The Balaban J connectivity index is 1.48. The van der Waals surface area contributed by atoms with Crippen molar-refractivity contribution in [2.75, 3.05) is 6.79 Å². The third-order valence-corrected chi connectivity index (χ3v) is 4.92. The molecule has 1 amide bonds. The lowest BCUT2D eigenvalue weighted by Crippen LogP contribution is -2.32. The molecule has 5 rings (SSSR count). The summed E-state index contributed by atoms with van der Waals surface area (Å²) in [4.78, 5) is 19.7. The van der Waals surface area contributed by atoms with E-state index in [2.05, 4.69) is 4.98 Å². The fraction of sp³-hybridized carbons (Fsp3) is 0.238. The van der Waals surface area contributed by atoms with Crippen molar-refractivity contribution < 1.29 is 14.3 Å². The smallest absolute Gasteiger partial charge is 0.255 e. The van der Waals surface area contributed by atoms with Gasteiger partial charge in [-0.1, -0.05) is 24.3 Å². The molecule has 2 heterocycles. The van der Waals surface area contributed by atoms with E-state index < -0.39 is 0 Å². The zero-order valence-electron chi connectivity index (χ0n) is 14.2. The second kappa shape index (κ2) is 6.02. The monoisotopic (exact) mass is 346 g/mol. The Morgan fingerprint density at radius 2 is 1.92 bits per heavy atom. The highest BCUT2D eigenvalue weighted by Crippen LogP contribution is 2.35. The molecule has 1 aromatic heterocycles. The Bertz CT molecular complexity index is 992. The van der Waals surface area contributed by atoms with Crippen LogP contribution in [0.25, 0.3) is 10.9 Å². The van der Waals surface area contributed by atoms with Crippen molar-refractivity contribution >= 4 is 16.8 Å². The van der Waals surface area contributed by atoms with E-state index in [0.29, 0.717) is 18.2 Å². The van der Waals surface area contributed by atoms with E-state index in [1.54, 1.807) is 6.20 Å². The first-order valence-electron chi connectivity index (χ1n) is 8.83. The number of hydrogen-bond acceptors (Lipinski definition) is 4. The standard InChI is InChI=1S/C21H18N2O3/c24-21(17-9-10-22-18-4-2-1-3-16(17)18)23(15-6-7-15)12-14-5-8-19-20(11-14)26-13-25-19/h1-5,8-11,15H,6-7,12-13H2. The molecule has 1 fully saturated rings. The molecule has 0 bridgehead atoms. The van der Waals surface area contributed by atoms with E-state index in [0.717, 1.165) is 40.8 Å². The Hall–Kier alpha value is -3.08. The molecule has 1 aliphatic heterocycles. The Labute approximate surface area is 151 Å². The molecule has 0 unspecified atom stereocenters. The third kappa shape index (κ3) is 2.65. The Morgan fingerprint density at radius 1 is 1.08 bits per heavy atom. The number of fused-ring (bicyclic) bond motifs is 2. The average molecular weight is 346 g/mol. The molecular formula is C21H18N2O3. The fourth-order valence-electron chi connectivity index (χ4n) is 3.43. The number of ether oxygens (including phenoxy) is 2. The Kier molecular flexibility index (Phi) is 3.52. The van der Waals surface area contributed by atoms with Crippen molar-refractivity contribution in [1.29, 1.82) is 0 Å². The number of aromatic nitrogens is 1. The highest BCUT2D eigenvalue weighted by molar-refractivity contribution is 6.06. The van der Waals surface area contributed by atoms with Crippen LogP contribution in [0.2, 0.25) is 0 Å². The number of benzene rings is 2. The van der Waals surface area contributed by atoms with Crippen molar-refractivity contribution in [2.24, 2.45) is 0 Å². The molecule has 0 saturated heterocycles. The predicted molar refractivity (Wildman–Crippen MR) is 97.2 cm³/mol.